The predicted octanol–water partition coefficient (Wildman–Crippen LogP) is 2.95. The maximum Gasteiger partial charge on any atom is 0.319 e. The molecule has 1 aliphatic rings. The molecule has 5 heteroatoms. The third-order valence-corrected chi connectivity index (χ3v) is 3.68. The van der Waals surface area contributed by atoms with Crippen molar-refractivity contribution >= 4 is 17.6 Å². The van der Waals surface area contributed by atoms with Crippen LogP contribution in [0.4, 0.5) is 10.5 Å². The zero-order valence-electron chi connectivity index (χ0n) is 12.7. The Bertz CT molecular complexity index is 754. The van der Waals surface area contributed by atoms with E-state index in [1.54, 1.807) is 6.92 Å². The lowest BCUT2D eigenvalue weighted by molar-refractivity contribution is -0.113. The van der Waals surface area contributed by atoms with Gasteiger partial charge in [0, 0.05) is 11.4 Å². The van der Waals surface area contributed by atoms with Crippen LogP contribution in [0.1, 0.15) is 18.5 Å². The summed E-state index contributed by atoms with van der Waals surface area (Å²) in [5.74, 6) is -0.241. The number of rotatable bonds is 3. The molecule has 2 aromatic rings. The molecule has 3 N–H and O–H groups in total. The Morgan fingerprint density at radius 1 is 1.00 bits per heavy atom. The van der Waals surface area contributed by atoms with Crippen LogP contribution in [0, 0.1) is 0 Å². The van der Waals surface area contributed by atoms with Crippen LogP contribution in [-0.2, 0) is 4.79 Å². The summed E-state index contributed by atoms with van der Waals surface area (Å²) in [6.07, 6.45) is 0. The third-order valence-electron chi connectivity index (χ3n) is 3.68. The number of para-hydroxylation sites is 1. The molecule has 0 saturated carbocycles. The molecule has 0 aliphatic carbocycles. The number of carbonyl (C=O) groups is 2. The fraction of sp³-hybridized carbons (Fsp3) is 0.111. The van der Waals surface area contributed by atoms with Crippen molar-refractivity contribution in [2.75, 3.05) is 5.32 Å². The molecule has 0 saturated heterocycles. The number of hydrogen-bond acceptors (Lipinski definition) is 2. The van der Waals surface area contributed by atoms with E-state index in [2.05, 4.69) is 16.0 Å². The van der Waals surface area contributed by atoms with Gasteiger partial charge >= 0.3 is 6.03 Å². The SMILES string of the molecule is CC1=C(C(=O)Nc2ccccc2)[C@@H](c2ccccc2)NC(=O)N1. The van der Waals surface area contributed by atoms with Crippen molar-refractivity contribution in [1.82, 2.24) is 10.6 Å². The molecule has 3 rings (SSSR count). The molecular formula is C18H17N3O2. The first-order valence-electron chi connectivity index (χ1n) is 7.35. The molecule has 0 bridgehead atoms. The Kier molecular flexibility index (Phi) is 4.10. The quantitative estimate of drug-likeness (QED) is 0.816. The van der Waals surface area contributed by atoms with E-state index >= 15 is 0 Å². The van der Waals surface area contributed by atoms with Gasteiger partial charge in [-0.15, -0.1) is 0 Å². The molecule has 1 heterocycles. The fourth-order valence-electron chi connectivity index (χ4n) is 2.61. The van der Waals surface area contributed by atoms with E-state index in [0.29, 0.717) is 17.0 Å². The molecule has 23 heavy (non-hydrogen) atoms. The van der Waals surface area contributed by atoms with Gasteiger partial charge in [-0.25, -0.2) is 4.79 Å². The number of benzene rings is 2. The van der Waals surface area contributed by atoms with Gasteiger partial charge in [0.05, 0.1) is 11.6 Å². The molecular weight excluding hydrogens is 290 g/mol. The highest BCUT2D eigenvalue weighted by molar-refractivity contribution is 6.06. The third kappa shape index (κ3) is 3.23. The molecule has 0 radical (unpaired) electrons. The second kappa shape index (κ2) is 6.36. The highest BCUT2D eigenvalue weighted by Gasteiger charge is 2.30. The van der Waals surface area contributed by atoms with Crippen molar-refractivity contribution in [3.63, 3.8) is 0 Å². The molecule has 0 aromatic heterocycles. The highest BCUT2D eigenvalue weighted by atomic mass is 16.2. The number of urea groups is 1. The van der Waals surface area contributed by atoms with Gasteiger partial charge in [-0.3, -0.25) is 4.79 Å². The summed E-state index contributed by atoms with van der Waals surface area (Å²) < 4.78 is 0. The average molecular weight is 307 g/mol. The molecule has 3 amide bonds. The number of allylic oxidation sites excluding steroid dienone is 1. The van der Waals surface area contributed by atoms with Crippen LogP contribution in [0.2, 0.25) is 0 Å². The molecule has 5 nitrogen and oxygen atoms in total. The minimum atomic E-state index is -0.478. The monoisotopic (exact) mass is 307 g/mol. The molecule has 0 spiro atoms. The van der Waals surface area contributed by atoms with E-state index in [1.165, 1.54) is 0 Å². The van der Waals surface area contributed by atoms with E-state index < -0.39 is 6.04 Å². The van der Waals surface area contributed by atoms with Crippen LogP contribution < -0.4 is 16.0 Å². The number of nitrogens with one attached hydrogen (secondary N) is 3. The zero-order valence-corrected chi connectivity index (χ0v) is 12.7. The first-order valence-corrected chi connectivity index (χ1v) is 7.35. The first kappa shape index (κ1) is 14.8. The average Bonchev–Trinajstić information content (AvgIpc) is 2.55. The predicted molar refractivity (Wildman–Crippen MR) is 88.6 cm³/mol. The van der Waals surface area contributed by atoms with Crippen LogP contribution in [0.15, 0.2) is 71.9 Å². The summed E-state index contributed by atoms with van der Waals surface area (Å²) in [6.45, 7) is 1.73. The Morgan fingerprint density at radius 2 is 1.61 bits per heavy atom. The van der Waals surface area contributed by atoms with Gasteiger partial charge in [0.15, 0.2) is 0 Å². The van der Waals surface area contributed by atoms with Crippen LogP contribution in [-0.4, -0.2) is 11.9 Å². The summed E-state index contributed by atoms with van der Waals surface area (Å²) >= 11 is 0. The lowest BCUT2D eigenvalue weighted by Gasteiger charge is -2.28. The van der Waals surface area contributed by atoms with Crippen molar-refractivity contribution in [3.05, 3.63) is 77.5 Å². The van der Waals surface area contributed by atoms with Crippen LogP contribution >= 0.6 is 0 Å². The summed E-state index contributed by atoms with van der Waals surface area (Å²) in [5, 5.41) is 8.34. The van der Waals surface area contributed by atoms with Gasteiger partial charge in [0.2, 0.25) is 0 Å². The van der Waals surface area contributed by atoms with Crippen molar-refractivity contribution in [1.29, 1.82) is 0 Å². The minimum absolute atomic E-state index is 0.241. The number of anilines is 1. The summed E-state index contributed by atoms with van der Waals surface area (Å²) in [4.78, 5) is 24.5. The van der Waals surface area contributed by atoms with Crippen LogP contribution in [0.3, 0.4) is 0 Å². The smallest absolute Gasteiger partial charge is 0.319 e. The molecule has 0 fully saturated rings. The molecule has 1 atom stereocenters. The highest BCUT2D eigenvalue weighted by Crippen LogP contribution is 2.27. The molecule has 0 unspecified atom stereocenters. The van der Waals surface area contributed by atoms with E-state index in [9.17, 15) is 9.59 Å². The van der Waals surface area contributed by atoms with Gasteiger partial charge < -0.3 is 16.0 Å². The van der Waals surface area contributed by atoms with Gasteiger partial charge in [0.25, 0.3) is 5.91 Å². The van der Waals surface area contributed by atoms with E-state index in [4.69, 9.17) is 0 Å². The van der Waals surface area contributed by atoms with Gasteiger partial charge in [0.1, 0.15) is 0 Å². The van der Waals surface area contributed by atoms with Crippen molar-refractivity contribution in [2.45, 2.75) is 13.0 Å². The van der Waals surface area contributed by atoms with Crippen molar-refractivity contribution < 1.29 is 9.59 Å². The van der Waals surface area contributed by atoms with Crippen LogP contribution in [0.5, 0.6) is 0 Å². The number of amides is 3. The largest absolute Gasteiger partial charge is 0.327 e. The van der Waals surface area contributed by atoms with Crippen molar-refractivity contribution in [3.8, 4) is 0 Å². The Labute approximate surface area is 134 Å². The Hall–Kier alpha value is -3.08. The first-order chi connectivity index (χ1) is 11.1. The van der Waals surface area contributed by atoms with Crippen LogP contribution in [0.25, 0.3) is 0 Å². The van der Waals surface area contributed by atoms with Crippen molar-refractivity contribution in [2.24, 2.45) is 0 Å². The second-order valence-electron chi connectivity index (χ2n) is 5.30. The lowest BCUT2D eigenvalue weighted by atomic mass is 9.95. The van der Waals surface area contributed by atoms with Gasteiger partial charge in [-0.1, -0.05) is 48.5 Å². The summed E-state index contributed by atoms with van der Waals surface area (Å²) in [7, 11) is 0. The lowest BCUT2D eigenvalue weighted by Crippen LogP contribution is -2.45. The maximum absolute atomic E-state index is 12.7. The standard InChI is InChI=1S/C18H17N3O2/c1-12-15(17(22)20-14-10-6-3-7-11-14)16(21-18(23)19-12)13-8-4-2-5-9-13/h2-11,16H,1H3,(H,20,22)(H2,19,21,23)/t16-/m1/s1. The Morgan fingerprint density at radius 3 is 2.26 bits per heavy atom. The second-order valence-corrected chi connectivity index (χ2v) is 5.30. The molecule has 116 valence electrons. The number of carbonyl (C=O) groups excluding carboxylic acids is 2. The Balaban J connectivity index is 1.94. The van der Waals surface area contributed by atoms with Gasteiger partial charge in [-0.05, 0) is 24.6 Å². The van der Waals surface area contributed by atoms with E-state index in [-0.39, 0.29) is 11.9 Å². The molecule has 2 aromatic carbocycles. The molecule has 1 aliphatic heterocycles. The fourth-order valence-corrected chi connectivity index (χ4v) is 2.61. The van der Waals surface area contributed by atoms with E-state index in [1.807, 2.05) is 60.7 Å². The summed E-state index contributed by atoms with van der Waals surface area (Å²) in [6, 6.07) is 17.9. The normalized spacial score (nSPS) is 17.3. The number of hydrogen-bond donors (Lipinski definition) is 3. The minimum Gasteiger partial charge on any atom is -0.327 e. The summed E-state index contributed by atoms with van der Waals surface area (Å²) in [5.41, 5.74) is 2.62. The van der Waals surface area contributed by atoms with Gasteiger partial charge in [-0.2, -0.15) is 0 Å². The zero-order chi connectivity index (χ0) is 16.2. The maximum atomic E-state index is 12.7. The van der Waals surface area contributed by atoms with E-state index in [0.717, 1.165) is 5.56 Å². The topological polar surface area (TPSA) is 70.2 Å².